The van der Waals surface area contributed by atoms with Crippen molar-refractivity contribution in [2.24, 2.45) is 0 Å². The molecule has 8 heteroatoms. The van der Waals surface area contributed by atoms with E-state index in [1.54, 1.807) is 20.8 Å². The minimum absolute atomic E-state index is 0.199. The molecule has 2 atom stereocenters. The minimum Gasteiger partial charge on any atom is -0.467 e. The molecule has 0 aliphatic carbocycles. The average molecular weight is 394 g/mol. The van der Waals surface area contributed by atoms with Gasteiger partial charge in [0.15, 0.2) is 0 Å². The summed E-state index contributed by atoms with van der Waals surface area (Å²) in [5.41, 5.74) is -1.56. The first-order valence-corrected chi connectivity index (χ1v) is 8.97. The number of nitrogens with one attached hydrogen (secondary N) is 2. The van der Waals surface area contributed by atoms with Crippen molar-refractivity contribution in [2.45, 2.75) is 64.3 Å². The summed E-state index contributed by atoms with van der Waals surface area (Å²) in [6.45, 7) is 7.79. The average Bonchev–Trinajstić information content (AvgIpc) is 2.56. The molecule has 0 unspecified atom stereocenters. The third-order valence-electron chi connectivity index (χ3n) is 3.71. The van der Waals surface area contributed by atoms with Crippen LogP contribution in [0.3, 0.4) is 0 Å². The summed E-state index contributed by atoms with van der Waals surface area (Å²) in [4.78, 5) is 37.0. The highest BCUT2D eigenvalue weighted by Gasteiger charge is 2.38. The maximum absolute atomic E-state index is 12.8. The molecule has 8 nitrogen and oxygen atoms in total. The van der Waals surface area contributed by atoms with Crippen LogP contribution in [0.1, 0.15) is 40.2 Å². The lowest BCUT2D eigenvalue weighted by Gasteiger charge is -2.31. The van der Waals surface area contributed by atoms with E-state index in [9.17, 15) is 19.5 Å². The van der Waals surface area contributed by atoms with Crippen molar-refractivity contribution in [2.75, 3.05) is 7.11 Å². The molecule has 156 valence electrons. The number of rotatable bonds is 7. The molecule has 0 spiro atoms. The molecule has 0 heterocycles. The van der Waals surface area contributed by atoms with Gasteiger partial charge in [-0.05, 0) is 40.2 Å². The summed E-state index contributed by atoms with van der Waals surface area (Å²) < 4.78 is 9.92. The second-order valence-electron chi connectivity index (χ2n) is 8.01. The van der Waals surface area contributed by atoms with Crippen LogP contribution in [-0.2, 0) is 25.5 Å². The predicted molar refractivity (Wildman–Crippen MR) is 104 cm³/mol. The molecule has 0 bridgehead atoms. The smallest absolute Gasteiger partial charge is 0.408 e. The van der Waals surface area contributed by atoms with Gasteiger partial charge in [-0.1, -0.05) is 30.3 Å². The number of carbonyl (C=O) groups is 3. The standard InChI is InChI=1S/C20H30N2O6/c1-19(2,3)28-18(25)22-15(20(4,5)26)16(23)21-14(17(24)27-6)12-13-10-8-7-9-11-13/h7-11,14-15,26H,12H2,1-6H3,(H,21,23)(H,22,25)/t14-,15+/m1/s1. The van der Waals surface area contributed by atoms with E-state index in [0.717, 1.165) is 5.56 Å². The number of hydrogen-bond donors (Lipinski definition) is 3. The van der Waals surface area contributed by atoms with Gasteiger partial charge in [-0.25, -0.2) is 9.59 Å². The molecule has 0 aliphatic heterocycles. The van der Waals surface area contributed by atoms with Gasteiger partial charge < -0.3 is 25.2 Å². The van der Waals surface area contributed by atoms with Gasteiger partial charge in [0.25, 0.3) is 0 Å². The molecule has 1 aromatic rings. The maximum Gasteiger partial charge on any atom is 0.408 e. The van der Waals surface area contributed by atoms with Crippen molar-refractivity contribution in [1.29, 1.82) is 0 Å². The normalized spacial score (nSPS) is 13.8. The number of carbonyl (C=O) groups excluding carboxylic acids is 3. The van der Waals surface area contributed by atoms with Crippen molar-refractivity contribution >= 4 is 18.0 Å². The second kappa shape index (κ2) is 9.54. The third-order valence-corrected chi connectivity index (χ3v) is 3.71. The number of methoxy groups -OCH3 is 1. The van der Waals surface area contributed by atoms with Gasteiger partial charge in [-0.2, -0.15) is 0 Å². The quantitative estimate of drug-likeness (QED) is 0.605. The van der Waals surface area contributed by atoms with Crippen LogP contribution in [0.5, 0.6) is 0 Å². The van der Waals surface area contributed by atoms with Crippen molar-refractivity contribution in [1.82, 2.24) is 10.6 Å². The molecule has 0 saturated carbocycles. The molecule has 2 amide bonds. The van der Waals surface area contributed by atoms with Crippen LogP contribution in [0, 0.1) is 0 Å². The van der Waals surface area contributed by atoms with Gasteiger partial charge in [-0.15, -0.1) is 0 Å². The van der Waals surface area contributed by atoms with Crippen LogP contribution >= 0.6 is 0 Å². The molecule has 0 aliphatic rings. The first-order valence-electron chi connectivity index (χ1n) is 8.97. The zero-order chi connectivity index (χ0) is 21.5. The van der Waals surface area contributed by atoms with Gasteiger partial charge in [0, 0.05) is 6.42 Å². The minimum atomic E-state index is -1.60. The van der Waals surface area contributed by atoms with Crippen LogP contribution in [0.15, 0.2) is 30.3 Å². The van der Waals surface area contributed by atoms with Gasteiger partial charge in [0.2, 0.25) is 5.91 Å². The molecule has 0 fully saturated rings. The lowest BCUT2D eigenvalue weighted by atomic mass is 9.97. The summed E-state index contributed by atoms with van der Waals surface area (Å²) in [5.74, 6) is -1.37. The Labute approximate surface area is 165 Å². The highest BCUT2D eigenvalue weighted by Crippen LogP contribution is 2.13. The Morgan fingerprint density at radius 3 is 2.07 bits per heavy atom. The van der Waals surface area contributed by atoms with Gasteiger partial charge in [0.1, 0.15) is 17.7 Å². The number of aliphatic hydroxyl groups is 1. The molecule has 3 N–H and O–H groups in total. The molecular formula is C20H30N2O6. The highest BCUT2D eigenvalue weighted by molar-refractivity contribution is 5.90. The summed E-state index contributed by atoms with van der Waals surface area (Å²) in [6, 6.07) is 6.77. The fourth-order valence-electron chi connectivity index (χ4n) is 2.43. The molecule has 0 radical (unpaired) electrons. The lowest BCUT2D eigenvalue weighted by Crippen LogP contribution is -2.60. The van der Waals surface area contributed by atoms with Crippen LogP contribution in [0.4, 0.5) is 4.79 Å². The van der Waals surface area contributed by atoms with E-state index in [0.29, 0.717) is 0 Å². The highest BCUT2D eigenvalue weighted by atomic mass is 16.6. The van der Waals surface area contributed by atoms with Crippen LogP contribution < -0.4 is 10.6 Å². The van der Waals surface area contributed by atoms with Gasteiger partial charge in [0.05, 0.1) is 12.7 Å². The predicted octanol–water partition coefficient (Wildman–Crippen LogP) is 1.55. The van der Waals surface area contributed by atoms with E-state index in [2.05, 4.69) is 10.6 Å². The Bertz CT molecular complexity index is 676. The summed E-state index contributed by atoms with van der Waals surface area (Å²) in [5, 5.41) is 15.3. The van der Waals surface area contributed by atoms with E-state index < -0.39 is 41.3 Å². The number of benzene rings is 1. The first-order chi connectivity index (χ1) is 12.8. The van der Waals surface area contributed by atoms with Crippen molar-refractivity contribution in [3.63, 3.8) is 0 Å². The van der Waals surface area contributed by atoms with Crippen molar-refractivity contribution < 1.29 is 29.0 Å². The Kier molecular flexibility index (Phi) is 7.99. The van der Waals surface area contributed by atoms with E-state index in [1.807, 2.05) is 30.3 Å². The van der Waals surface area contributed by atoms with Crippen molar-refractivity contribution in [3.05, 3.63) is 35.9 Å². The number of ether oxygens (including phenoxy) is 2. The van der Waals surface area contributed by atoms with Crippen molar-refractivity contribution in [3.8, 4) is 0 Å². The number of alkyl carbamates (subject to hydrolysis) is 1. The Morgan fingerprint density at radius 1 is 1.04 bits per heavy atom. The molecule has 1 rings (SSSR count). The first kappa shape index (κ1) is 23.4. The lowest BCUT2D eigenvalue weighted by molar-refractivity contribution is -0.146. The van der Waals surface area contributed by atoms with Crippen LogP contribution in [-0.4, -0.2) is 53.5 Å². The zero-order valence-electron chi connectivity index (χ0n) is 17.2. The molecule has 1 aromatic carbocycles. The van der Waals surface area contributed by atoms with E-state index in [-0.39, 0.29) is 6.42 Å². The number of hydrogen-bond acceptors (Lipinski definition) is 6. The number of esters is 1. The summed E-state index contributed by atoms with van der Waals surface area (Å²) >= 11 is 0. The van der Waals surface area contributed by atoms with E-state index in [1.165, 1.54) is 21.0 Å². The third kappa shape index (κ3) is 7.96. The van der Waals surface area contributed by atoms with E-state index in [4.69, 9.17) is 9.47 Å². The Balaban J connectivity index is 2.95. The summed E-state index contributed by atoms with van der Waals surface area (Å²) in [6.07, 6.45) is -0.656. The fourth-order valence-corrected chi connectivity index (χ4v) is 2.43. The number of amides is 2. The molecule has 0 saturated heterocycles. The van der Waals surface area contributed by atoms with Gasteiger partial charge >= 0.3 is 12.1 Å². The SMILES string of the molecule is COC(=O)[C@@H](Cc1ccccc1)NC(=O)[C@H](NC(=O)OC(C)(C)C)C(C)(C)O. The van der Waals surface area contributed by atoms with Crippen LogP contribution in [0.25, 0.3) is 0 Å². The molecule has 28 heavy (non-hydrogen) atoms. The molecular weight excluding hydrogens is 364 g/mol. The maximum atomic E-state index is 12.8. The summed E-state index contributed by atoms with van der Waals surface area (Å²) in [7, 11) is 1.22. The fraction of sp³-hybridized carbons (Fsp3) is 0.550. The van der Waals surface area contributed by atoms with Gasteiger partial charge in [-0.3, -0.25) is 4.79 Å². The monoisotopic (exact) mass is 394 g/mol. The Hall–Kier alpha value is -2.61. The molecule has 0 aromatic heterocycles. The second-order valence-corrected chi connectivity index (χ2v) is 8.01. The largest absolute Gasteiger partial charge is 0.467 e. The van der Waals surface area contributed by atoms with Crippen LogP contribution in [0.2, 0.25) is 0 Å². The van der Waals surface area contributed by atoms with E-state index >= 15 is 0 Å². The Morgan fingerprint density at radius 2 is 1.61 bits per heavy atom. The topological polar surface area (TPSA) is 114 Å². The zero-order valence-corrected chi connectivity index (χ0v) is 17.2.